The summed E-state index contributed by atoms with van der Waals surface area (Å²) in [5.41, 5.74) is 2.25. The molecule has 1 N–H and O–H groups in total. The van der Waals surface area contributed by atoms with Gasteiger partial charge in [0.2, 0.25) is 0 Å². The van der Waals surface area contributed by atoms with Crippen molar-refractivity contribution in [3.05, 3.63) is 35.6 Å². The highest BCUT2D eigenvalue weighted by atomic mass is 32.1. The average molecular weight is 289 g/mol. The molecule has 0 aromatic carbocycles. The number of nitrogens with zero attached hydrogens (tertiary/aromatic N) is 4. The number of hydrogen-bond acceptors (Lipinski definition) is 6. The lowest BCUT2D eigenvalue weighted by atomic mass is 10.2. The van der Waals surface area contributed by atoms with Gasteiger partial charge in [0, 0.05) is 63.2 Å². The molecular formula is C14H19N5S. The summed E-state index contributed by atoms with van der Waals surface area (Å²) in [7, 11) is 1.94. The Bertz CT molecular complexity index is 534. The fraction of sp³-hybridized carbons (Fsp3) is 0.429. The molecule has 1 fully saturated rings. The predicted molar refractivity (Wildman–Crippen MR) is 83.4 cm³/mol. The van der Waals surface area contributed by atoms with Crippen molar-refractivity contribution in [3.63, 3.8) is 0 Å². The van der Waals surface area contributed by atoms with Gasteiger partial charge >= 0.3 is 0 Å². The van der Waals surface area contributed by atoms with E-state index in [-0.39, 0.29) is 0 Å². The molecule has 0 unspecified atom stereocenters. The zero-order valence-electron chi connectivity index (χ0n) is 11.6. The van der Waals surface area contributed by atoms with Crippen LogP contribution in [0.25, 0.3) is 0 Å². The monoisotopic (exact) mass is 289 g/mol. The van der Waals surface area contributed by atoms with Crippen molar-refractivity contribution in [1.29, 1.82) is 0 Å². The summed E-state index contributed by atoms with van der Waals surface area (Å²) in [5, 5.41) is 6.33. The molecule has 20 heavy (non-hydrogen) atoms. The molecule has 0 atom stereocenters. The van der Waals surface area contributed by atoms with E-state index in [0.717, 1.165) is 49.2 Å². The summed E-state index contributed by atoms with van der Waals surface area (Å²) in [6, 6.07) is 4.11. The summed E-state index contributed by atoms with van der Waals surface area (Å²) in [4.78, 5) is 13.6. The van der Waals surface area contributed by atoms with E-state index in [4.69, 9.17) is 0 Å². The Kier molecular flexibility index (Phi) is 4.13. The number of pyridine rings is 1. The topological polar surface area (TPSA) is 44.3 Å². The second kappa shape index (κ2) is 6.19. The van der Waals surface area contributed by atoms with Crippen LogP contribution in [0.1, 0.15) is 5.69 Å². The van der Waals surface area contributed by atoms with Gasteiger partial charge in [-0.05, 0) is 12.1 Å². The van der Waals surface area contributed by atoms with Crippen LogP contribution >= 0.6 is 11.3 Å². The number of nitrogens with one attached hydrogen (secondary N) is 1. The zero-order valence-corrected chi connectivity index (χ0v) is 12.4. The molecule has 1 aliphatic heterocycles. The number of hydrogen-bond donors (Lipinski definition) is 1. The third-order valence-electron chi connectivity index (χ3n) is 3.55. The fourth-order valence-electron chi connectivity index (χ4n) is 2.42. The maximum absolute atomic E-state index is 4.44. The molecule has 2 aromatic rings. The van der Waals surface area contributed by atoms with Crippen molar-refractivity contribution in [3.8, 4) is 0 Å². The van der Waals surface area contributed by atoms with E-state index in [1.807, 2.05) is 30.9 Å². The van der Waals surface area contributed by atoms with Crippen molar-refractivity contribution in [1.82, 2.24) is 14.9 Å². The van der Waals surface area contributed by atoms with E-state index < -0.39 is 0 Å². The van der Waals surface area contributed by atoms with Gasteiger partial charge < -0.3 is 10.2 Å². The largest absolute Gasteiger partial charge is 0.388 e. The first-order valence-electron chi connectivity index (χ1n) is 6.84. The number of thiazole rings is 1. The van der Waals surface area contributed by atoms with Crippen LogP contribution in [0.5, 0.6) is 0 Å². The van der Waals surface area contributed by atoms with E-state index in [1.54, 1.807) is 11.3 Å². The maximum atomic E-state index is 4.44. The number of piperazine rings is 1. The lowest BCUT2D eigenvalue weighted by Crippen LogP contribution is -2.46. The SMILES string of the molecule is CNc1ccnc(CN2CCN(c3nccs3)CC2)c1. The lowest BCUT2D eigenvalue weighted by Gasteiger charge is -2.34. The van der Waals surface area contributed by atoms with Crippen LogP contribution in [0.3, 0.4) is 0 Å². The Morgan fingerprint density at radius 1 is 1.20 bits per heavy atom. The molecule has 0 spiro atoms. The predicted octanol–water partition coefficient (Wildman–Crippen LogP) is 1.90. The minimum Gasteiger partial charge on any atom is -0.388 e. The molecule has 0 saturated carbocycles. The molecule has 5 nitrogen and oxygen atoms in total. The van der Waals surface area contributed by atoms with Gasteiger partial charge in [-0.15, -0.1) is 11.3 Å². The second-order valence-electron chi connectivity index (χ2n) is 4.86. The Hall–Kier alpha value is -1.66. The summed E-state index contributed by atoms with van der Waals surface area (Å²) in [5.74, 6) is 0. The first kappa shape index (κ1) is 13.3. The Morgan fingerprint density at radius 3 is 2.75 bits per heavy atom. The second-order valence-corrected chi connectivity index (χ2v) is 5.74. The normalized spacial score (nSPS) is 16.4. The smallest absolute Gasteiger partial charge is 0.185 e. The van der Waals surface area contributed by atoms with Gasteiger partial charge in [-0.3, -0.25) is 9.88 Å². The zero-order chi connectivity index (χ0) is 13.8. The van der Waals surface area contributed by atoms with Crippen molar-refractivity contribution in [2.45, 2.75) is 6.54 Å². The van der Waals surface area contributed by atoms with Gasteiger partial charge in [0.15, 0.2) is 5.13 Å². The van der Waals surface area contributed by atoms with E-state index in [0.29, 0.717) is 0 Å². The summed E-state index contributed by atoms with van der Waals surface area (Å²) in [6.45, 7) is 5.12. The molecular weight excluding hydrogens is 270 g/mol. The number of rotatable bonds is 4. The Balaban J connectivity index is 1.55. The molecule has 106 valence electrons. The molecule has 2 aromatic heterocycles. The molecule has 0 bridgehead atoms. The van der Waals surface area contributed by atoms with Crippen molar-refractivity contribution in [2.24, 2.45) is 0 Å². The molecule has 6 heteroatoms. The van der Waals surface area contributed by atoms with E-state index in [2.05, 4.69) is 31.2 Å². The van der Waals surface area contributed by atoms with E-state index in [1.165, 1.54) is 0 Å². The Morgan fingerprint density at radius 2 is 2.05 bits per heavy atom. The highest BCUT2D eigenvalue weighted by Crippen LogP contribution is 2.19. The van der Waals surface area contributed by atoms with Gasteiger partial charge in [0.05, 0.1) is 5.69 Å². The molecule has 1 saturated heterocycles. The van der Waals surface area contributed by atoms with Crippen LogP contribution in [-0.2, 0) is 6.54 Å². The third-order valence-corrected chi connectivity index (χ3v) is 4.39. The first-order chi connectivity index (χ1) is 9.85. The van der Waals surface area contributed by atoms with Crippen LogP contribution in [0.15, 0.2) is 29.9 Å². The summed E-state index contributed by atoms with van der Waals surface area (Å²) < 4.78 is 0. The van der Waals surface area contributed by atoms with Gasteiger partial charge in [-0.1, -0.05) is 0 Å². The van der Waals surface area contributed by atoms with Crippen LogP contribution in [-0.4, -0.2) is 48.1 Å². The highest BCUT2D eigenvalue weighted by Gasteiger charge is 2.18. The molecule has 0 radical (unpaired) electrons. The third kappa shape index (κ3) is 3.08. The van der Waals surface area contributed by atoms with E-state index >= 15 is 0 Å². The number of anilines is 2. The van der Waals surface area contributed by atoms with Crippen LogP contribution in [0, 0.1) is 0 Å². The minimum atomic E-state index is 0.918. The maximum Gasteiger partial charge on any atom is 0.185 e. The minimum absolute atomic E-state index is 0.918. The van der Waals surface area contributed by atoms with Crippen LogP contribution < -0.4 is 10.2 Å². The lowest BCUT2D eigenvalue weighted by molar-refractivity contribution is 0.247. The molecule has 0 aliphatic carbocycles. The standard InChI is InChI=1S/C14H19N5S/c1-15-12-2-3-16-13(10-12)11-18-5-7-19(8-6-18)14-17-4-9-20-14/h2-4,9-10H,5-8,11H2,1H3,(H,15,16). The van der Waals surface area contributed by atoms with Crippen LogP contribution in [0.2, 0.25) is 0 Å². The van der Waals surface area contributed by atoms with Crippen LogP contribution in [0.4, 0.5) is 10.8 Å². The van der Waals surface area contributed by atoms with Crippen molar-refractivity contribution in [2.75, 3.05) is 43.4 Å². The van der Waals surface area contributed by atoms with Gasteiger partial charge in [-0.2, -0.15) is 0 Å². The van der Waals surface area contributed by atoms with Gasteiger partial charge in [0.25, 0.3) is 0 Å². The van der Waals surface area contributed by atoms with Gasteiger partial charge in [-0.25, -0.2) is 4.98 Å². The molecule has 1 aliphatic rings. The summed E-state index contributed by atoms with van der Waals surface area (Å²) >= 11 is 1.72. The Labute approximate surface area is 123 Å². The molecule has 3 rings (SSSR count). The fourth-order valence-corrected chi connectivity index (χ4v) is 3.12. The van der Waals surface area contributed by atoms with Gasteiger partial charge in [0.1, 0.15) is 0 Å². The average Bonchev–Trinajstić information content (AvgIpc) is 3.02. The van der Waals surface area contributed by atoms with Crippen molar-refractivity contribution < 1.29 is 0 Å². The van der Waals surface area contributed by atoms with Crippen molar-refractivity contribution >= 4 is 22.2 Å². The number of aromatic nitrogens is 2. The first-order valence-corrected chi connectivity index (χ1v) is 7.72. The molecule has 3 heterocycles. The molecule has 0 amide bonds. The summed E-state index contributed by atoms with van der Waals surface area (Å²) in [6.07, 6.45) is 3.74. The van der Waals surface area contributed by atoms with E-state index in [9.17, 15) is 0 Å². The highest BCUT2D eigenvalue weighted by molar-refractivity contribution is 7.13. The quantitative estimate of drug-likeness (QED) is 0.931.